The molecule has 0 aromatic heterocycles. The lowest BCUT2D eigenvalue weighted by Crippen LogP contribution is -2.37. The topological polar surface area (TPSA) is 50.4 Å². The molecular weight excluding hydrogens is 240 g/mol. The van der Waals surface area contributed by atoms with Gasteiger partial charge in [0.1, 0.15) is 5.75 Å². The maximum absolute atomic E-state index is 11.9. The van der Waals surface area contributed by atoms with Crippen LogP contribution in [-0.2, 0) is 10.2 Å². The molecule has 1 unspecified atom stereocenters. The molecule has 1 rings (SSSR count). The van der Waals surface area contributed by atoms with E-state index in [2.05, 4.69) is 37.7 Å². The van der Waals surface area contributed by atoms with Gasteiger partial charge in [0.2, 0.25) is 5.91 Å². The third-order valence-electron chi connectivity index (χ3n) is 3.17. The van der Waals surface area contributed by atoms with Gasteiger partial charge in [0.15, 0.2) is 0 Å². The Hall–Kier alpha value is -1.55. The SMILES string of the molecule is CNNC(=O)C(C)c1ccc(OC)c(C(C)(C)C)c1. The molecular formula is C15H24N2O2. The van der Waals surface area contributed by atoms with E-state index in [0.717, 1.165) is 16.9 Å². The number of carbonyl (C=O) groups excluding carboxylic acids is 1. The number of hydrogen-bond acceptors (Lipinski definition) is 3. The summed E-state index contributed by atoms with van der Waals surface area (Å²) in [7, 11) is 3.35. The summed E-state index contributed by atoms with van der Waals surface area (Å²) >= 11 is 0. The Balaban J connectivity index is 3.15. The molecule has 1 aromatic carbocycles. The molecule has 0 saturated heterocycles. The maximum Gasteiger partial charge on any atom is 0.241 e. The number of nitrogens with one attached hydrogen (secondary N) is 2. The van der Waals surface area contributed by atoms with Gasteiger partial charge in [-0.05, 0) is 29.5 Å². The molecule has 0 fully saturated rings. The van der Waals surface area contributed by atoms with Gasteiger partial charge in [0, 0.05) is 7.05 Å². The van der Waals surface area contributed by atoms with Crippen molar-refractivity contribution in [1.29, 1.82) is 0 Å². The number of ether oxygens (including phenoxy) is 1. The van der Waals surface area contributed by atoms with E-state index in [9.17, 15) is 4.79 Å². The Morgan fingerprint density at radius 3 is 2.42 bits per heavy atom. The van der Waals surface area contributed by atoms with Gasteiger partial charge < -0.3 is 4.74 Å². The van der Waals surface area contributed by atoms with Crippen molar-refractivity contribution in [3.8, 4) is 5.75 Å². The van der Waals surface area contributed by atoms with E-state index in [4.69, 9.17) is 4.74 Å². The maximum atomic E-state index is 11.9. The molecule has 2 N–H and O–H groups in total. The molecule has 0 spiro atoms. The van der Waals surface area contributed by atoms with Gasteiger partial charge in [-0.3, -0.25) is 10.2 Å². The van der Waals surface area contributed by atoms with E-state index in [1.165, 1.54) is 0 Å². The number of rotatable bonds is 4. The zero-order valence-electron chi connectivity index (χ0n) is 12.6. The van der Waals surface area contributed by atoms with Crippen LogP contribution in [0.1, 0.15) is 44.7 Å². The van der Waals surface area contributed by atoms with Crippen LogP contribution in [-0.4, -0.2) is 20.1 Å². The first-order valence-corrected chi connectivity index (χ1v) is 6.46. The lowest BCUT2D eigenvalue weighted by atomic mass is 9.84. The number of benzene rings is 1. The predicted octanol–water partition coefficient (Wildman–Crippen LogP) is 2.35. The Kier molecular flexibility index (Phi) is 4.95. The second-order valence-corrected chi connectivity index (χ2v) is 5.67. The first kappa shape index (κ1) is 15.5. The van der Waals surface area contributed by atoms with Crippen LogP contribution >= 0.6 is 0 Å². The summed E-state index contributed by atoms with van der Waals surface area (Å²) < 4.78 is 5.40. The fourth-order valence-electron chi connectivity index (χ4n) is 1.96. The molecule has 0 radical (unpaired) electrons. The van der Waals surface area contributed by atoms with Crippen molar-refractivity contribution in [2.75, 3.05) is 14.2 Å². The van der Waals surface area contributed by atoms with Gasteiger partial charge in [-0.1, -0.05) is 32.9 Å². The second kappa shape index (κ2) is 6.06. The Morgan fingerprint density at radius 2 is 1.95 bits per heavy atom. The average Bonchev–Trinajstić information content (AvgIpc) is 2.36. The number of methoxy groups -OCH3 is 1. The summed E-state index contributed by atoms with van der Waals surface area (Å²) in [6, 6.07) is 5.92. The molecule has 106 valence electrons. The molecule has 0 bridgehead atoms. The van der Waals surface area contributed by atoms with E-state index in [1.54, 1.807) is 14.2 Å². The van der Waals surface area contributed by atoms with Crippen LogP contribution in [0.2, 0.25) is 0 Å². The molecule has 4 heteroatoms. The average molecular weight is 264 g/mol. The third kappa shape index (κ3) is 3.70. The minimum Gasteiger partial charge on any atom is -0.496 e. The number of amides is 1. The van der Waals surface area contributed by atoms with Gasteiger partial charge in [-0.25, -0.2) is 5.43 Å². The molecule has 4 nitrogen and oxygen atoms in total. The van der Waals surface area contributed by atoms with Crippen molar-refractivity contribution < 1.29 is 9.53 Å². The molecule has 0 saturated carbocycles. The van der Waals surface area contributed by atoms with E-state index >= 15 is 0 Å². The largest absolute Gasteiger partial charge is 0.496 e. The highest BCUT2D eigenvalue weighted by Gasteiger charge is 2.22. The molecule has 1 atom stereocenters. The summed E-state index contributed by atoms with van der Waals surface area (Å²) in [5, 5.41) is 0. The second-order valence-electron chi connectivity index (χ2n) is 5.67. The predicted molar refractivity (Wildman–Crippen MR) is 77.3 cm³/mol. The standard InChI is InChI=1S/C15H24N2O2/c1-10(14(18)17-16-5)11-7-8-13(19-6)12(9-11)15(2,3)4/h7-10,16H,1-6H3,(H,17,18). The van der Waals surface area contributed by atoms with E-state index in [-0.39, 0.29) is 17.2 Å². The molecule has 1 aromatic rings. The van der Waals surface area contributed by atoms with Crippen LogP contribution in [0.5, 0.6) is 5.75 Å². The number of carbonyl (C=O) groups is 1. The summed E-state index contributed by atoms with van der Waals surface area (Å²) in [6.45, 7) is 8.29. The molecule has 19 heavy (non-hydrogen) atoms. The van der Waals surface area contributed by atoms with Crippen LogP contribution in [0.4, 0.5) is 0 Å². The zero-order chi connectivity index (χ0) is 14.6. The molecule has 0 aliphatic heterocycles. The highest BCUT2D eigenvalue weighted by Crippen LogP contribution is 2.33. The van der Waals surface area contributed by atoms with Crippen molar-refractivity contribution in [1.82, 2.24) is 10.9 Å². The van der Waals surface area contributed by atoms with Crippen LogP contribution in [0, 0.1) is 0 Å². The van der Waals surface area contributed by atoms with Crippen LogP contribution in [0.3, 0.4) is 0 Å². The van der Waals surface area contributed by atoms with Gasteiger partial charge in [-0.2, -0.15) is 0 Å². The monoisotopic (exact) mass is 264 g/mol. The number of hydrogen-bond donors (Lipinski definition) is 2. The van der Waals surface area contributed by atoms with Crippen LogP contribution < -0.4 is 15.6 Å². The fraction of sp³-hybridized carbons (Fsp3) is 0.533. The Labute approximate surface area is 115 Å². The van der Waals surface area contributed by atoms with Crippen LogP contribution in [0.15, 0.2) is 18.2 Å². The molecule has 1 amide bonds. The van der Waals surface area contributed by atoms with Gasteiger partial charge >= 0.3 is 0 Å². The highest BCUT2D eigenvalue weighted by molar-refractivity contribution is 5.82. The lowest BCUT2D eigenvalue weighted by molar-refractivity contribution is -0.123. The van der Waals surface area contributed by atoms with Gasteiger partial charge in [-0.15, -0.1) is 0 Å². The normalized spacial score (nSPS) is 12.9. The Morgan fingerprint density at radius 1 is 1.32 bits per heavy atom. The smallest absolute Gasteiger partial charge is 0.241 e. The fourth-order valence-corrected chi connectivity index (χ4v) is 1.96. The molecule has 0 heterocycles. The summed E-state index contributed by atoms with van der Waals surface area (Å²) in [6.07, 6.45) is 0. The van der Waals surface area contributed by atoms with Crippen molar-refractivity contribution in [3.05, 3.63) is 29.3 Å². The zero-order valence-corrected chi connectivity index (χ0v) is 12.6. The summed E-state index contributed by atoms with van der Waals surface area (Å²) in [5.41, 5.74) is 7.34. The minimum atomic E-state index is -0.209. The minimum absolute atomic E-state index is 0.0272. The number of hydrazine groups is 1. The van der Waals surface area contributed by atoms with E-state index in [0.29, 0.717) is 0 Å². The van der Waals surface area contributed by atoms with Crippen molar-refractivity contribution in [2.24, 2.45) is 0 Å². The molecule has 0 aliphatic carbocycles. The van der Waals surface area contributed by atoms with Crippen LogP contribution in [0.25, 0.3) is 0 Å². The quantitative estimate of drug-likeness (QED) is 0.821. The highest BCUT2D eigenvalue weighted by atomic mass is 16.5. The van der Waals surface area contributed by atoms with Gasteiger partial charge in [0.05, 0.1) is 13.0 Å². The van der Waals surface area contributed by atoms with Gasteiger partial charge in [0.25, 0.3) is 0 Å². The van der Waals surface area contributed by atoms with E-state index in [1.807, 2.05) is 19.1 Å². The summed E-state index contributed by atoms with van der Waals surface area (Å²) in [5.74, 6) is 0.601. The molecule has 0 aliphatic rings. The Bertz CT molecular complexity index is 450. The first-order valence-electron chi connectivity index (χ1n) is 6.46. The lowest BCUT2D eigenvalue weighted by Gasteiger charge is -2.24. The van der Waals surface area contributed by atoms with Crippen molar-refractivity contribution in [2.45, 2.75) is 39.0 Å². The van der Waals surface area contributed by atoms with Crippen molar-refractivity contribution in [3.63, 3.8) is 0 Å². The van der Waals surface area contributed by atoms with E-state index < -0.39 is 0 Å². The van der Waals surface area contributed by atoms with Crippen molar-refractivity contribution >= 4 is 5.91 Å². The first-order chi connectivity index (χ1) is 8.81. The third-order valence-corrected chi connectivity index (χ3v) is 3.17. The summed E-state index contributed by atoms with van der Waals surface area (Å²) in [4.78, 5) is 11.9.